The van der Waals surface area contributed by atoms with Crippen LogP contribution < -0.4 is 4.90 Å². The van der Waals surface area contributed by atoms with Crippen LogP contribution in [0.25, 0.3) is 10.2 Å². The minimum absolute atomic E-state index is 0.158. The smallest absolute Gasteiger partial charge is 0.326 e. The predicted octanol–water partition coefficient (Wildman–Crippen LogP) is 2.11. The minimum atomic E-state index is -1.05. The van der Waals surface area contributed by atoms with E-state index in [0.717, 1.165) is 0 Å². The molecule has 0 radical (unpaired) electrons. The van der Waals surface area contributed by atoms with Gasteiger partial charge in [0.25, 0.3) is 0 Å². The lowest BCUT2D eigenvalue weighted by Gasteiger charge is -2.23. The zero-order valence-electron chi connectivity index (χ0n) is 10.2. The number of rotatable bonds is 4. The number of hydrogen-bond donors (Lipinski definition) is 1. The number of nitrogens with zero attached hydrogens (tertiary/aromatic N) is 3. The standard InChI is InChI=1S/C11H11N3O4S/c1-6(11(15)16)13(2)7-3-4-8-9(12-5-19-8)10(7)14(17)18/h3-6H,1-2H3,(H,15,16). The Morgan fingerprint density at radius 2 is 2.26 bits per heavy atom. The summed E-state index contributed by atoms with van der Waals surface area (Å²) in [4.78, 5) is 27.0. The number of hydrogen-bond acceptors (Lipinski definition) is 6. The molecular formula is C11H11N3O4S. The number of carbonyl (C=O) groups is 1. The van der Waals surface area contributed by atoms with Crippen LogP contribution in [0, 0.1) is 10.1 Å². The first-order valence-corrected chi connectivity index (χ1v) is 6.27. The molecule has 0 aliphatic carbocycles. The topological polar surface area (TPSA) is 96.6 Å². The summed E-state index contributed by atoms with van der Waals surface area (Å²) in [5.74, 6) is -1.05. The Morgan fingerprint density at radius 1 is 1.58 bits per heavy atom. The Hall–Kier alpha value is -2.22. The monoisotopic (exact) mass is 281 g/mol. The van der Waals surface area contributed by atoms with Gasteiger partial charge in [-0.15, -0.1) is 11.3 Å². The maximum absolute atomic E-state index is 11.2. The second-order valence-corrected chi connectivity index (χ2v) is 4.90. The number of aliphatic carboxylic acids is 1. The summed E-state index contributed by atoms with van der Waals surface area (Å²) in [5.41, 5.74) is 1.91. The molecule has 2 rings (SSSR count). The van der Waals surface area contributed by atoms with Crippen molar-refractivity contribution in [2.24, 2.45) is 0 Å². The lowest BCUT2D eigenvalue weighted by Crippen LogP contribution is -2.36. The van der Waals surface area contributed by atoms with Crippen LogP contribution in [-0.2, 0) is 4.79 Å². The molecule has 0 saturated carbocycles. The Labute approximate surface area is 112 Å². The summed E-state index contributed by atoms with van der Waals surface area (Å²) >= 11 is 1.30. The number of likely N-dealkylation sites (N-methyl/N-ethyl adjacent to an activating group) is 1. The summed E-state index contributed by atoms with van der Waals surface area (Å²) < 4.78 is 0.701. The molecule has 1 aromatic carbocycles. The summed E-state index contributed by atoms with van der Waals surface area (Å²) in [6.07, 6.45) is 0. The van der Waals surface area contributed by atoms with Crippen molar-refractivity contribution in [3.63, 3.8) is 0 Å². The molecule has 0 fully saturated rings. The summed E-state index contributed by atoms with van der Waals surface area (Å²) in [6, 6.07) is 2.40. The van der Waals surface area contributed by atoms with Crippen LogP contribution in [0.5, 0.6) is 0 Å². The maximum atomic E-state index is 11.2. The van der Waals surface area contributed by atoms with Gasteiger partial charge in [-0.2, -0.15) is 0 Å². The van der Waals surface area contributed by atoms with E-state index in [-0.39, 0.29) is 16.9 Å². The predicted molar refractivity (Wildman–Crippen MR) is 71.8 cm³/mol. The van der Waals surface area contributed by atoms with Crippen LogP contribution in [0.2, 0.25) is 0 Å². The van der Waals surface area contributed by atoms with E-state index in [9.17, 15) is 14.9 Å². The highest BCUT2D eigenvalue weighted by Gasteiger charge is 2.27. The van der Waals surface area contributed by atoms with Gasteiger partial charge in [0, 0.05) is 7.05 Å². The van der Waals surface area contributed by atoms with Crippen LogP contribution in [0.15, 0.2) is 17.6 Å². The van der Waals surface area contributed by atoms with Gasteiger partial charge in [0.1, 0.15) is 11.7 Å². The van der Waals surface area contributed by atoms with E-state index in [0.29, 0.717) is 4.70 Å². The third-order valence-corrected chi connectivity index (χ3v) is 3.75. The number of carboxylic acids is 1. The molecule has 7 nitrogen and oxygen atoms in total. The molecule has 0 aliphatic heterocycles. The van der Waals surface area contributed by atoms with Crippen LogP contribution in [0.3, 0.4) is 0 Å². The lowest BCUT2D eigenvalue weighted by atomic mass is 10.2. The highest BCUT2D eigenvalue weighted by Crippen LogP contribution is 2.36. The first-order valence-electron chi connectivity index (χ1n) is 5.39. The largest absolute Gasteiger partial charge is 0.480 e. The molecule has 19 heavy (non-hydrogen) atoms. The summed E-state index contributed by atoms with van der Waals surface area (Å²) in [5, 5.41) is 20.2. The van der Waals surface area contributed by atoms with Gasteiger partial charge in [-0.25, -0.2) is 9.78 Å². The SMILES string of the molecule is CC(C(=O)O)N(C)c1ccc2scnc2c1[N+](=O)[O-]. The molecule has 100 valence electrons. The molecule has 0 bridgehead atoms. The molecule has 1 atom stereocenters. The molecule has 1 heterocycles. The number of nitro groups is 1. The van der Waals surface area contributed by atoms with E-state index in [2.05, 4.69) is 4.98 Å². The van der Waals surface area contributed by atoms with Crippen LogP contribution in [0.1, 0.15) is 6.92 Å². The van der Waals surface area contributed by atoms with Gasteiger partial charge in [-0.1, -0.05) is 0 Å². The van der Waals surface area contributed by atoms with E-state index in [1.807, 2.05) is 0 Å². The second-order valence-electron chi connectivity index (χ2n) is 4.01. The number of aromatic nitrogens is 1. The maximum Gasteiger partial charge on any atom is 0.326 e. The second kappa shape index (κ2) is 4.81. The molecule has 0 amide bonds. The van der Waals surface area contributed by atoms with E-state index >= 15 is 0 Å². The van der Waals surface area contributed by atoms with Crippen molar-refractivity contribution in [1.29, 1.82) is 0 Å². The molecule has 1 aromatic heterocycles. The van der Waals surface area contributed by atoms with Gasteiger partial charge in [0.15, 0.2) is 5.52 Å². The molecule has 1 N–H and O–H groups in total. The Kier molecular flexibility index (Phi) is 3.34. The van der Waals surface area contributed by atoms with Crippen LogP contribution >= 0.6 is 11.3 Å². The van der Waals surface area contributed by atoms with Crippen molar-refractivity contribution in [3.8, 4) is 0 Å². The molecular weight excluding hydrogens is 270 g/mol. The van der Waals surface area contributed by atoms with E-state index < -0.39 is 16.9 Å². The van der Waals surface area contributed by atoms with Crippen molar-refractivity contribution < 1.29 is 14.8 Å². The molecule has 0 spiro atoms. The fraction of sp³-hybridized carbons (Fsp3) is 0.273. The first kappa shape index (κ1) is 13.2. The van der Waals surface area contributed by atoms with E-state index in [4.69, 9.17) is 5.11 Å². The molecule has 2 aromatic rings. The van der Waals surface area contributed by atoms with Crippen molar-refractivity contribution in [2.45, 2.75) is 13.0 Å². The third kappa shape index (κ3) is 2.22. The van der Waals surface area contributed by atoms with Crippen molar-refractivity contribution in [2.75, 3.05) is 11.9 Å². The fourth-order valence-corrected chi connectivity index (χ4v) is 2.42. The summed E-state index contributed by atoms with van der Waals surface area (Å²) in [6.45, 7) is 1.47. The average Bonchev–Trinajstić information content (AvgIpc) is 2.83. The van der Waals surface area contributed by atoms with Gasteiger partial charge in [-0.3, -0.25) is 10.1 Å². The number of anilines is 1. The third-order valence-electron chi connectivity index (χ3n) is 2.96. The zero-order chi connectivity index (χ0) is 14.2. The van der Waals surface area contributed by atoms with Crippen molar-refractivity contribution in [1.82, 2.24) is 4.98 Å². The van der Waals surface area contributed by atoms with Gasteiger partial charge < -0.3 is 10.0 Å². The number of nitro benzene ring substituents is 1. The zero-order valence-corrected chi connectivity index (χ0v) is 11.0. The molecule has 1 unspecified atom stereocenters. The normalized spacial score (nSPS) is 12.3. The molecule has 8 heteroatoms. The quantitative estimate of drug-likeness (QED) is 0.681. The fourth-order valence-electron chi connectivity index (χ4n) is 1.75. The van der Waals surface area contributed by atoms with Crippen molar-refractivity contribution in [3.05, 3.63) is 27.8 Å². The van der Waals surface area contributed by atoms with Crippen molar-refractivity contribution >= 4 is 38.9 Å². The Morgan fingerprint density at radius 3 is 2.84 bits per heavy atom. The van der Waals surface area contributed by atoms with Crippen LogP contribution in [0.4, 0.5) is 11.4 Å². The Balaban J connectivity index is 2.62. The number of carboxylic acid groups (broad SMARTS) is 1. The van der Waals surface area contributed by atoms with E-state index in [1.165, 1.54) is 35.7 Å². The Bertz CT molecular complexity index is 654. The van der Waals surface area contributed by atoms with Gasteiger partial charge in [-0.05, 0) is 19.1 Å². The molecule has 0 aliphatic rings. The lowest BCUT2D eigenvalue weighted by molar-refractivity contribution is -0.382. The van der Waals surface area contributed by atoms with Gasteiger partial charge >= 0.3 is 11.7 Å². The highest BCUT2D eigenvalue weighted by atomic mass is 32.1. The highest BCUT2D eigenvalue weighted by molar-refractivity contribution is 7.16. The van der Waals surface area contributed by atoms with Gasteiger partial charge in [0.2, 0.25) is 0 Å². The number of benzene rings is 1. The first-order chi connectivity index (χ1) is 8.93. The number of thiazole rings is 1. The minimum Gasteiger partial charge on any atom is -0.480 e. The average molecular weight is 281 g/mol. The van der Waals surface area contributed by atoms with Gasteiger partial charge in [0.05, 0.1) is 15.1 Å². The summed E-state index contributed by atoms with van der Waals surface area (Å²) in [7, 11) is 1.51. The number of fused-ring (bicyclic) bond motifs is 1. The van der Waals surface area contributed by atoms with E-state index in [1.54, 1.807) is 12.1 Å². The van der Waals surface area contributed by atoms with Crippen LogP contribution in [-0.4, -0.2) is 34.1 Å². The molecule has 0 saturated heterocycles.